The number of halogens is 1. The van der Waals surface area contributed by atoms with Crippen molar-refractivity contribution in [3.8, 4) is 0 Å². The fourth-order valence-electron chi connectivity index (χ4n) is 3.94. The summed E-state index contributed by atoms with van der Waals surface area (Å²) in [5.41, 5.74) is 5.03. The van der Waals surface area contributed by atoms with Gasteiger partial charge in [-0.3, -0.25) is 19.7 Å². The summed E-state index contributed by atoms with van der Waals surface area (Å²) < 4.78 is 0.646. The predicted molar refractivity (Wildman–Crippen MR) is 91.7 cm³/mol. The summed E-state index contributed by atoms with van der Waals surface area (Å²) in [4.78, 5) is 36.9. The summed E-state index contributed by atoms with van der Waals surface area (Å²) in [6.45, 7) is 0. The number of carbonyl (C=O) groups is 2. The Morgan fingerprint density at radius 1 is 1.24 bits per heavy atom. The molecule has 0 radical (unpaired) electrons. The molecular formula is C16H13BrN4O4. The molecule has 9 heteroatoms. The van der Waals surface area contributed by atoms with Crippen LogP contribution in [-0.4, -0.2) is 16.6 Å². The van der Waals surface area contributed by atoms with Crippen molar-refractivity contribution >= 4 is 33.3 Å². The van der Waals surface area contributed by atoms with Gasteiger partial charge < -0.3 is 16.4 Å². The zero-order valence-electron chi connectivity index (χ0n) is 12.9. The van der Waals surface area contributed by atoms with E-state index in [2.05, 4.69) is 26.6 Å². The normalized spacial score (nSPS) is 24.8. The molecule has 128 valence electrons. The maximum Gasteiger partial charge on any atom is 0.310 e. The van der Waals surface area contributed by atoms with Crippen molar-refractivity contribution in [3.63, 3.8) is 0 Å². The highest BCUT2D eigenvalue weighted by Gasteiger charge is 2.64. The summed E-state index contributed by atoms with van der Waals surface area (Å²) in [6.07, 6.45) is 1.35. The zero-order chi connectivity index (χ0) is 17.9. The zero-order valence-corrected chi connectivity index (χ0v) is 14.5. The highest BCUT2D eigenvalue weighted by molar-refractivity contribution is 9.10. The van der Waals surface area contributed by atoms with Gasteiger partial charge in [-0.2, -0.15) is 0 Å². The topological polar surface area (TPSA) is 127 Å². The summed E-state index contributed by atoms with van der Waals surface area (Å²) in [5.74, 6) is -1.11. The van der Waals surface area contributed by atoms with Gasteiger partial charge in [0.25, 0.3) is 5.91 Å². The molecule has 4 N–H and O–H groups in total. The van der Waals surface area contributed by atoms with E-state index in [1.54, 1.807) is 18.2 Å². The van der Waals surface area contributed by atoms with Crippen molar-refractivity contribution in [1.29, 1.82) is 0 Å². The minimum atomic E-state index is -1.83. The number of Topliss-reactive ketones (excluding diaryl/α,β-unsaturated/α-hetero) is 1. The van der Waals surface area contributed by atoms with Crippen molar-refractivity contribution in [3.05, 3.63) is 61.1 Å². The van der Waals surface area contributed by atoms with Crippen LogP contribution in [0.2, 0.25) is 0 Å². The number of allylic oxidation sites excluding steroid dienone is 1. The Morgan fingerprint density at radius 2 is 2.00 bits per heavy atom. The van der Waals surface area contributed by atoms with E-state index in [4.69, 9.17) is 5.73 Å². The number of rotatable bonds is 1. The number of hydrogen-bond donors (Lipinski definition) is 3. The van der Waals surface area contributed by atoms with E-state index in [0.29, 0.717) is 34.3 Å². The Kier molecular flexibility index (Phi) is 3.26. The van der Waals surface area contributed by atoms with Crippen molar-refractivity contribution < 1.29 is 14.5 Å². The predicted octanol–water partition coefficient (Wildman–Crippen LogP) is 1.65. The first-order valence-corrected chi connectivity index (χ1v) is 8.46. The molecule has 0 saturated carbocycles. The van der Waals surface area contributed by atoms with E-state index in [9.17, 15) is 19.7 Å². The van der Waals surface area contributed by atoms with Crippen LogP contribution in [-0.2, 0) is 15.0 Å². The minimum absolute atomic E-state index is 0.133. The van der Waals surface area contributed by atoms with Crippen LogP contribution in [0, 0.1) is 10.1 Å². The van der Waals surface area contributed by atoms with Crippen LogP contribution < -0.4 is 16.4 Å². The Bertz CT molecular complexity index is 936. The van der Waals surface area contributed by atoms with Gasteiger partial charge in [0.15, 0.2) is 11.6 Å². The van der Waals surface area contributed by atoms with E-state index >= 15 is 0 Å². The number of nitrogens with two attached hydrogens (primary N) is 1. The van der Waals surface area contributed by atoms with E-state index in [0.717, 1.165) is 0 Å². The van der Waals surface area contributed by atoms with Crippen molar-refractivity contribution in [1.82, 2.24) is 5.32 Å². The highest BCUT2D eigenvalue weighted by atomic mass is 79.9. The monoisotopic (exact) mass is 404 g/mol. The SMILES string of the molecule is NC1=C([N+](=O)[O-])[C@@]2(C(=O)Nc3ccc(Br)cc32)C2=C(CCCC2=O)N1. The maximum atomic E-state index is 13.0. The van der Waals surface area contributed by atoms with E-state index in [-0.39, 0.29) is 23.6 Å². The molecule has 3 aliphatic rings. The molecule has 0 aromatic heterocycles. The van der Waals surface area contributed by atoms with Crippen LogP contribution in [0.1, 0.15) is 24.8 Å². The first kappa shape index (κ1) is 15.8. The molecule has 1 amide bonds. The molecule has 0 bridgehead atoms. The minimum Gasteiger partial charge on any atom is -0.380 e. The van der Waals surface area contributed by atoms with Crippen LogP contribution in [0.4, 0.5) is 5.69 Å². The first-order chi connectivity index (χ1) is 11.9. The number of benzene rings is 1. The molecule has 2 aliphatic heterocycles. The third-order valence-corrected chi connectivity index (χ3v) is 5.33. The molecule has 25 heavy (non-hydrogen) atoms. The van der Waals surface area contributed by atoms with E-state index in [1.807, 2.05) is 0 Å². The Balaban J connectivity index is 2.14. The van der Waals surface area contributed by atoms with Gasteiger partial charge in [-0.15, -0.1) is 0 Å². The number of nitrogens with one attached hydrogen (secondary N) is 2. The molecule has 8 nitrogen and oxygen atoms in total. The second kappa shape index (κ2) is 5.16. The number of ketones is 1. The molecule has 1 aromatic rings. The standard InChI is InChI=1S/C16H13BrN4O4/c17-7-4-5-9-8(6-7)16(15(23)20-9)12-10(2-1-3-11(12)22)19-14(18)13(16)21(24)25/h4-6,19H,1-3,18H2,(H,20,23)/t16-/m0/s1. The first-order valence-electron chi connectivity index (χ1n) is 7.67. The summed E-state index contributed by atoms with van der Waals surface area (Å²) in [5, 5.41) is 17.3. The lowest BCUT2D eigenvalue weighted by Gasteiger charge is -2.35. The quantitative estimate of drug-likeness (QED) is 0.482. The Labute approximate surface area is 150 Å². The molecule has 0 fully saturated rings. The van der Waals surface area contributed by atoms with Gasteiger partial charge in [0.1, 0.15) is 0 Å². The van der Waals surface area contributed by atoms with Gasteiger partial charge >= 0.3 is 5.70 Å². The van der Waals surface area contributed by atoms with Crippen LogP contribution >= 0.6 is 15.9 Å². The lowest BCUT2D eigenvalue weighted by Crippen LogP contribution is -2.51. The van der Waals surface area contributed by atoms with Crippen molar-refractivity contribution in [2.45, 2.75) is 24.7 Å². The molecule has 1 aromatic carbocycles. The van der Waals surface area contributed by atoms with Crippen molar-refractivity contribution in [2.75, 3.05) is 5.32 Å². The number of nitro groups is 1. The van der Waals surface area contributed by atoms with Crippen LogP contribution in [0.25, 0.3) is 0 Å². The molecule has 1 aliphatic carbocycles. The third-order valence-electron chi connectivity index (χ3n) is 4.84. The largest absolute Gasteiger partial charge is 0.380 e. The molecule has 1 spiro atoms. The second-order valence-corrected chi connectivity index (χ2v) is 7.08. The van der Waals surface area contributed by atoms with Gasteiger partial charge in [0, 0.05) is 33.4 Å². The van der Waals surface area contributed by atoms with Crippen LogP contribution in [0.15, 0.2) is 45.5 Å². The fraction of sp³-hybridized carbons (Fsp3) is 0.250. The van der Waals surface area contributed by atoms with Crippen LogP contribution in [0.3, 0.4) is 0 Å². The van der Waals surface area contributed by atoms with Gasteiger partial charge in [0.05, 0.1) is 4.92 Å². The number of dihydropyridines is 1. The van der Waals surface area contributed by atoms with Gasteiger partial charge in [-0.25, -0.2) is 0 Å². The van der Waals surface area contributed by atoms with Gasteiger partial charge in [-0.05, 0) is 31.0 Å². The van der Waals surface area contributed by atoms with Gasteiger partial charge in [-0.1, -0.05) is 15.9 Å². The number of carbonyl (C=O) groups excluding carboxylic acids is 2. The highest BCUT2D eigenvalue weighted by Crippen LogP contribution is 2.53. The number of anilines is 1. The average Bonchev–Trinajstić information content (AvgIpc) is 2.80. The third kappa shape index (κ3) is 1.92. The van der Waals surface area contributed by atoms with Gasteiger partial charge in [0.2, 0.25) is 5.41 Å². The Morgan fingerprint density at radius 3 is 2.72 bits per heavy atom. The Hall–Kier alpha value is -2.68. The van der Waals surface area contributed by atoms with E-state index in [1.165, 1.54) is 0 Å². The fourth-order valence-corrected chi connectivity index (χ4v) is 4.30. The smallest absolute Gasteiger partial charge is 0.310 e. The number of amides is 1. The number of hydrogen-bond acceptors (Lipinski definition) is 6. The van der Waals surface area contributed by atoms with Crippen molar-refractivity contribution in [2.24, 2.45) is 5.73 Å². The second-order valence-electron chi connectivity index (χ2n) is 6.17. The maximum absolute atomic E-state index is 13.0. The molecule has 2 heterocycles. The number of nitrogens with zero attached hydrogens (tertiary/aromatic N) is 1. The summed E-state index contributed by atoms with van der Waals surface area (Å²) >= 11 is 3.34. The van der Waals surface area contributed by atoms with Crippen LogP contribution in [0.5, 0.6) is 0 Å². The molecular weight excluding hydrogens is 392 g/mol. The molecule has 0 unspecified atom stereocenters. The molecule has 0 saturated heterocycles. The summed E-state index contributed by atoms with van der Waals surface area (Å²) in [7, 11) is 0. The molecule has 4 rings (SSSR count). The molecule has 1 atom stereocenters. The lowest BCUT2D eigenvalue weighted by atomic mass is 9.66. The van der Waals surface area contributed by atoms with E-state index < -0.39 is 21.9 Å². The lowest BCUT2D eigenvalue weighted by molar-refractivity contribution is -0.434. The summed E-state index contributed by atoms with van der Waals surface area (Å²) in [6, 6.07) is 4.99. The number of fused-ring (bicyclic) bond motifs is 3. The average molecular weight is 405 g/mol.